The molecule has 2 aromatic rings. The molecule has 2 unspecified atom stereocenters. The molecule has 4 N–H and O–H groups in total. The maximum absolute atomic E-state index is 13.1. The number of likely N-dealkylation sites (tertiary alicyclic amines) is 1. The van der Waals surface area contributed by atoms with Crippen LogP contribution in [0.15, 0.2) is 59.5 Å². The first-order valence-electron chi connectivity index (χ1n) is 8.56. The predicted molar refractivity (Wildman–Crippen MR) is 101 cm³/mol. The zero-order valence-electron chi connectivity index (χ0n) is 14.9. The number of β-amino-alcohol motifs (C(OH)–C–C–N with tert-alkyl or cyclic N) is 1. The minimum absolute atomic E-state index is 0.0586. The molecule has 3 rings (SSSR count). The molecule has 1 aliphatic heterocycles. The van der Waals surface area contributed by atoms with Crippen molar-refractivity contribution in [1.82, 2.24) is 4.90 Å². The van der Waals surface area contributed by atoms with E-state index >= 15 is 0 Å². The van der Waals surface area contributed by atoms with Crippen LogP contribution in [-0.2, 0) is 14.6 Å². The number of hydrogen-bond donors (Lipinski definition) is 3. The zero-order chi connectivity index (χ0) is 20.5. The molecule has 0 bridgehead atoms. The van der Waals surface area contributed by atoms with Crippen LogP contribution in [0, 0.1) is 0 Å². The molecule has 1 aliphatic rings. The number of hydrogen-bond acceptors (Lipinski definition) is 5. The lowest BCUT2D eigenvalue weighted by atomic mass is 9.92. The van der Waals surface area contributed by atoms with Gasteiger partial charge in [-0.05, 0) is 29.7 Å². The van der Waals surface area contributed by atoms with Gasteiger partial charge in [0, 0.05) is 6.54 Å². The molecular formula is C19H20N2O6S. The van der Waals surface area contributed by atoms with Crippen LogP contribution < -0.4 is 5.73 Å². The van der Waals surface area contributed by atoms with Crippen LogP contribution in [0.1, 0.15) is 6.42 Å². The van der Waals surface area contributed by atoms with Crippen LogP contribution in [0.5, 0.6) is 0 Å². The van der Waals surface area contributed by atoms with Gasteiger partial charge in [-0.1, -0.05) is 42.5 Å². The van der Waals surface area contributed by atoms with Crippen LogP contribution in [0.3, 0.4) is 0 Å². The van der Waals surface area contributed by atoms with Crippen LogP contribution in [-0.4, -0.2) is 59.5 Å². The number of carbonyl (C=O) groups excluding carboxylic acids is 1. The van der Waals surface area contributed by atoms with Gasteiger partial charge in [0.05, 0.1) is 11.4 Å². The van der Waals surface area contributed by atoms with E-state index in [1.807, 2.05) is 30.3 Å². The lowest BCUT2D eigenvalue weighted by molar-refractivity contribution is -0.162. The number of primary amides is 1. The lowest BCUT2D eigenvalue weighted by Gasteiger charge is -2.40. The summed E-state index contributed by atoms with van der Waals surface area (Å²) in [6.45, 7) is -0.749. The Morgan fingerprint density at radius 1 is 1.04 bits per heavy atom. The van der Waals surface area contributed by atoms with E-state index in [2.05, 4.69) is 0 Å². The number of carboxylic acids is 1. The minimum Gasteiger partial charge on any atom is -0.479 e. The van der Waals surface area contributed by atoms with Crippen LogP contribution in [0.2, 0.25) is 0 Å². The fourth-order valence-electron chi connectivity index (χ4n) is 3.42. The summed E-state index contributed by atoms with van der Waals surface area (Å²) in [5.74, 6) is -1.71. The molecule has 2 aromatic carbocycles. The van der Waals surface area contributed by atoms with Crippen molar-refractivity contribution in [3.8, 4) is 11.1 Å². The van der Waals surface area contributed by atoms with Gasteiger partial charge >= 0.3 is 12.0 Å². The third-order valence-electron chi connectivity index (χ3n) is 4.97. The van der Waals surface area contributed by atoms with Gasteiger partial charge in [-0.15, -0.1) is 0 Å². The number of sulfone groups is 1. The topological polar surface area (TPSA) is 138 Å². The molecule has 0 aliphatic carbocycles. The Kier molecular flexibility index (Phi) is 5.14. The molecule has 0 aromatic heterocycles. The van der Waals surface area contributed by atoms with E-state index in [-0.39, 0.29) is 17.9 Å². The maximum atomic E-state index is 13.1. The molecule has 2 atom stereocenters. The third-order valence-corrected chi connectivity index (χ3v) is 7.28. The summed E-state index contributed by atoms with van der Waals surface area (Å²) in [5.41, 5.74) is 4.22. The number of benzene rings is 2. The van der Waals surface area contributed by atoms with Crippen molar-refractivity contribution in [1.29, 1.82) is 0 Å². The van der Waals surface area contributed by atoms with Crippen LogP contribution in [0.4, 0.5) is 4.79 Å². The summed E-state index contributed by atoms with van der Waals surface area (Å²) in [5, 5.41) is 18.5. The Morgan fingerprint density at radius 2 is 1.61 bits per heavy atom. The molecule has 9 heteroatoms. The second-order valence-corrected chi connectivity index (χ2v) is 8.83. The number of carboxylic acid groups (broad SMARTS) is 1. The summed E-state index contributed by atoms with van der Waals surface area (Å²) in [7, 11) is -4.17. The van der Waals surface area contributed by atoms with Crippen LogP contribution >= 0.6 is 0 Å². The molecule has 0 spiro atoms. The average Bonchev–Trinajstić information content (AvgIpc) is 2.68. The quantitative estimate of drug-likeness (QED) is 0.697. The van der Waals surface area contributed by atoms with E-state index in [4.69, 9.17) is 5.73 Å². The second kappa shape index (κ2) is 7.25. The highest BCUT2D eigenvalue weighted by molar-refractivity contribution is 7.92. The van der Waals surface area contributed by atoms with Crippen molar-refractivity contribution in [3.63, 3.8) is 0 Å². The molecule has 2 amide bonds. The standard InChI is InChI=1S/C19H20N2O6S/c20-18(24)21-11-10-16(19(25,12-21)17(22)23)28(26,27)15-8-6-14(7-9-15)13-4-2-1-3-5-13/h1-9,16,25H,10-12H2,(H2,20,24)(H,22,23). The number of piperidine rings is 1. The van der Waals surface area contributed by atoms with E-state index in [9.17, 15) is 28.2 Å². The van der Waals surface area contributed by atoms with Gasteiger partial charge in [0.2, 0.25) is 0 Å². The zero-order valence-corrected chi connectivity index (χ0v) is 15.7. The van der Waals surface area contributed by atoms with Crippen molar-refractivity contribution < 1.29 is 28.2 Å². The van der Waals surface area contributed by atoms with E-state index < -0.39 is 39.2 Å². The van der Waals surface area contributed by atoms with Crippen molar-refractivity contribution in [3.05, 3.63) is 54.6 Å². The van der Waals surface area contributed by atoms with E-state index in [1.54, 1.807) is 12.1 Å². The number of aliphatic carboxylic acids is 1. The second-order valence-electron chi connectivity index (χ2n) is 6.70. The van der Waals surface area contributed by atoms with Gasteiger partial charge in [-0.2, -0.15) is 0 Å². The van der Waals surface area contributed by atoms with E-state index in [0.29, 0.717) is 0 Å². The van der Waals surface area contributed by atoms with Crippen molar-refractivity contribution in [2.24, 2.45) is 5.73 Å². The first kappa shape index (κ1) is 19.8. The Balaban J connectivity index is 1.95. The molecule has 8 nitrogen and oxygen atoms in total. The van der Waals surface area contributed by atoms with Gasteiger partial charge in [-0.25, -0.2) is 18.0 Å². The molecular weight excluding hydrogens is 384 g/mol. The van der Waals surface area contributed by atoms with Crippen molar-refractivity contribution in [2.45, 2.75) is 22.2 Å². The highest BCUT2D eigenvalue weighted by atomic mass is 32.2. The number of aliphatic hydroxyl groups is 1. The fourth-order valence-corrected chi connectivity index (χ4v) is 5.37. The molecule has 148 valence electrons. The monoisotopic (exact) mass is 404 g/mol. The van der Waals surface area contributed by atoms with E-state index in [1.165, 1.54) is 12.1 Å². The number of nitrogens with two attached hydrogens (primary N) is 1. The molecule has 1 heterocycles. The molecule has 0 saturated carbocycles. The summed E-state index contributed by atoms with van der Waals surface area (Å²) in [6, 6.07) is 14.5. The van der Waals surface area contributed by atoms with E-state index in [0.717, 1.165) is 16.0 Å². The van der Waals surface area contributed by atoms with Gasteiger partial charge in [0.15, 0.2) is 15.4 Å². The smallest absolute Gasteiger partial charge is 0.338 e. The summed E-state index contributed by atoms with van der Waals surface area (Å²) in [6.07, 6.45) is -0.242. The highest BCUT2D eigenvalue weighted by Gasteiger charge is 2.55. The predicted octanol–water partition coefficient (Wildman–Crippen LogP) is 1.10. The normalized spacial score (nSPS) is 22.6. The van der Waals surface area contributed by atoms with Gasteiger partial charge in [-0.3, -0.25) is 0 Å². The van der Waals surface area contributed by atoms with Gasteiger partial charge in [0.1, 0.15) is 5.25 Å². The SMILES string of the molecule is NC(=O)N1CCC(S(=O)(=O)c2ccc(-c3ccccc3)cc2)C(O)(C(=O)O)C1. The first-order chi connectivity index (χ1) is 13.2. The number of rotatable bonds is 4. The summed E-state index contributed by atoms with van der Waals surface area (Å²) < 4.78 is 26.1. The highest BCUT2D eigenvalue weighted by Crippen LogP contribution is 2.33. The maximum Gasteiger partial charge on any atom is 0.338 e. The minimum atomic E-state index is -4.17. The molecule has 1 saturated heterocycles. The Bertz CT molecular complexity index is 991. The van der Waals surface area contributed by atoms with Gasteiger partial charge < -0.3 is 20.8 Å². The van der Waals surface area contributed by atoms with Gasteiger partial charge in [0.25, 0.3) is 0 Å². The van der Waals surface area contributed by atoms with Crippen molar-refractivity contribution in [2.75, 3.05) is 13.1 Å². The number of urea groups is 1. The lowest BCUT2D eigenvalue weighted by Crippen LogP contribution is -2.65. The Morgan fingerprint density at radius 3 is 2.14 bits per heavy atom. The molecule has 0 radical (unpaired) electrons. The van der Waals surface area contributed by atoms with Crippen molar-refractivity contribution >= 4 is 21.8 Å². The number of amides is 2. The average molecular weight is 404 g/mol. The summed E-state index contributed by atoms with van der Waals surface area (Å²) in [4.78, 5) is 23.9. The largest absolute Gasteiger partial charge is 0.479 e. The Labute approximate surface area is 162 Å². The fraction of sp³-hybridized carbons (Fsp3) is 0.263. The Hall–Kier alpha value is -2.91. The summed E-state index contributed by atoms with van der Waals surface area (Å²) >= 11 is 0. The van der Waals surface area contributed by atoms with Crippen LogP contribution in [0.25, 0.3) is 11.1 Å². The third kappa shape index (κ3) is 3.46. The molecule has 1 fully saturated rings. The number of nitrogens with zero attached hydrogens (tertiary/aromatic N) is 1. The number of carbonyl (C=O) groups is 2. The molecule has 28 heavy (non-hydrogen) atoms. The first-order valence-corrected chi connectivity index (χ1v) is 10.1.